The minimum Gasteiger partial charge on any atom is -0.380 e. The molecule has 0 saturated carbocycles. The highest BCUT2D eigenvalue weighted by Crippen LogP contribution is 2.28. The maximum Gasteiger partial charge on any atom is 0.292 e. The first-order valence-corrected chi connectivity index (χ1v) is 6.94. The lowest BCUT2D eigenvalue weighted by molar-refractivity contribution is -0.384. The van der Waals surface area contributed by atoms with Crippen LogP contribution < -0.4 is 10.6 Å². The monoisotopic (exact) mass is 294 g/mol. The Morgan fingerprint density at radius 3 is 2.62 bits per heavy atom. The van der Waals surface area contributed by atoms with Crippen LogP contribution >= 0.6 is 0 Å². The van der Waals surface area contributed by atoms with Crippen LogP contribution in [0.3, 0.4) is 0 Å². The van der Waals surface area contributed by atoms with Gasteiger partial charge in [-0.2, -0.15) is 0 Å². The van der Waals surface area contributed by atoms with E-state index < -0.39 is 4.92 Å². The summed E-state index contributed by atoms with van der Waals surface area (Å²) in [6, 6.07) is 4.97. The van der Waals surface area contributed by atoms with Crippen molar-refractivity contribution in [3.63, 3.8) is 0 Å². The first kappa shape index (κ1) is 16.9. The van der Waals surface area contributed by atoms with Gasteiger partial charge in [0, 0.05) is 25.7 Å². The summed E-state index contributed by atoms with van der Waals surface area (Å²) in [4.78, 5) is 24.1. The molecule has 1 amide bonds. The van der Waals surface area contributed by atoms with Crippen molar-refractivity contribution in [2.45, 2.75) is 20.4 Å². The third kappa shape index (κ3) is 5.03. The fourth-order valence-corrected chi connectivity index (χ4v) is 2.10. The van der Waals surface area contributed by atoms with Crippen molar-refractivity contribution in [3.05, 3.63) is 33.9 Å². The van der Waals surface area contributed by atoms with Crippen LogP contribution in [-0.4, -0.2) is 42.4 Å². The van der Waals surface area contributed by atoms with E-state index in [1.54, 1.807) is 6.07 Å². The van der Waals surface area contributed by atoms with Crippen LogP contribution in [-0.2, 0) is 11.3 Å². The number of nitrogens with one attached hydrogen (secondary N) is 2. The molecule has 0 radical (unpaired) electrons. The number of nitro groups is 1. The molecule has 0 aliphatic rings. The van der Waals surface area contributed by atoms with E-state index in [0.717, 1.165) is 5.56 Å². The highest BCUT2D eigenvalue weighted by atomic mass is 16.6. The minimum atomic E-state index is -0.398. The van der Waals surface area contributed by atoms with Crippen molar-refractivity contribution in [1.29, 1.82) is 0 Å². The highest BCUT2D eigenvalue weighted by molar-refractivity contribution is 5.78. The van der Waals surface area contributed by atoms with Gasteiger partial charge in [-0.15, -0.1) is 0 Å². The maximum atomic E-state index is 11.6. The van der Waals surface area contributed by atoms with Crippen molar-refractivity contribution in [2.24, 2.45) is 0 Å². The van der Waals surface area contributed by atoms with Gasteiger partial charge in [-0.05, 0) is 26.5 Å². The number of likely N-dealkylation sites (N-methyl/N-ethyl adjacent to an activating group) is 2. The molecule has 0 bridgehead atoms. The van der Waals surface area contributed by atoms with E-state index in [1.807, 2.05) is 31.9 Å². The number of carbonyl (C=O) groups is 1. The molecule has 21 heavy (non-hydrogen) atoms. The van der Waals surface area contributed by atoms with Gasteiger partial charge >= 0.3 is 0 Å². The van der Waals surface area contributed by atoms with E-state index in [0.29, 0.717) is 25.3 Å². The maximum absolute atomic E-state index is 11.6. The number of hydrogen-bond donors (Lipinski definition) is 2. The fraction of sp³-hybridized carbons (Fsp3) is 0.500. The lowest BCUT2D eigenvalue weighted by atomic mass is 10.1. The van der Waals surface area contributed by atoms with Crippen LogP contribution in [0.5, 0.6) is 0 Å². The first-order chi connectivity index (χ1) is 9.99. The summed E-state index contributed by atoms with van der Waals surface area (Å²) in [5, 5.41) is 16.9. The van der Waals surface area contributed by atoms with Crippen molar-refractivity contribution in [3.8, 4) is 0 Å². The van der Waals surface area contributed by atoms with Gasteiger partial charge in [0.05, 0.1) is 11.5 Å². The summed E-state index contributed by atoms with van der Waals surface area (Å²) in [6.07, 6.45) is 0. The Bertz CT molecular complexity index is 505. The van der Waals surface area contributed by atoms with Crippen molar-refractivity contribution in [2.75, 3.05) is 32.0 Å². The second kappa shape index (κ2) is 8.21. The van der Waals surface area contributed by atoms with Crippen LogP contribution in [0.15, 0.2) is 18.2 Å². The number of carbonyl (C=O) groups excluding carboxylic acids is 1. The molecule has 1 aromatic carbocycles. The average Bonchev–Trinajstić information content (AvgIpc) is 2.40. The molecule has 7 nitrogen and oxygen atoms in total. The number of amides is 1. The number of rotatable bonds is 8. The number of benzene rings is 1. The number of nitrogens with zero attached hydrogens (tertiary/aromatic N) is 2. The van der Waals surface area contributed by atoms with Gasteiger partial charge in [0.1, 0.15) is 5.69 Å². The molecule has 0 spiro atoms. The summed E-state index contributed by atoms with van der Waals surface area (Å²) in [5.41, 5.74) is 1.38. The average molecular weight is 294 g/mol. The first-order valence-electron chi connectivity index (χ1n) is 6.94. The minimum absolute atomic E-state index is 0.0563. The van der Waals surface area contributed by atoms with E-state index >= 15 is 0 Å². The quantitative estimate of drug-likeness (QED) is 0.561. The van der Waals surface area contributed by atoms with Gasteiger partial charge in [-0.3, -0.25) is 19.8 Å². The second-order valence-corrected chi connectivity index (χ2v) is 4.72. The molecular weight excluding hydrogens is 272 g/mol. The Balaban J connectivity index is 2.89. The van der Waals surface area contributed by atoms with Crippen LogP contribution in [0, 0.1) is 10.1 Å². The SMILES string of the molecule is CCNC(=O)CN(C)Cc1cccc([N+](=O)[O-])c1NCC. The molecular formula is C14H22N4O3. The molecule has 116 valence electrons. The Morgan fingerprint density at radius 2 is 2.05 bits per heavy atom. The van der Waals surface area contributed by atoms with Gasteiger partial charge in [0.15, 0.2) is 0 Å². The highest BCUT2D eigenvalue weighted by Gasteiger charge is 2.18. The molecule has 0 saturated heterocycles. The number of anilines is 1. The van der Waals surface area contributed by atoms with Gasteiger partial charge in [-0.1, -0.05) is 12.1 Å². The zero-order chi connectivity index (χ0) is 15.8. The topological polar surface area (TPSA) is 87.5 Å². The second-order valence-electron chi connectivity index (χ2n) is 4.72. The Hall–Kier alpha value is -2.15. The smallest absolute Gasteiger partial charge is 0.292 e. The van der Waals surface area contributed by atoms with Crippen LogP contribution in [0.25, 0.3) is 0 Å². The number of nitro benzene ring substituents is 1. The summed E-state index contributed by atoms with van der Waals surface area (Å²) in [6.45, 7) is 5.65. The number of para-hydroxylation sites is 1. The molecule has 0 aliphatic carbocycles. The van der Waals surface area contributed by atoms with Gasteiger partial charge < -0.3 is 10.6 Å². The summed E-state index contributed by atoms with van der Waals surface area (Å²) < 4.78 is 0. The zero-order valence-electron chi connectivity index (χ0n) is 12.7. The van der Waals surface area contributed by atoms with Gasteiger partial charge in [0.25, 0.3) is 5.69 Å². The largest absolute Gasteiger partial charge is 0.380 e. The van der Waals surface area contributed by atoms with Gasteiger partial charge in [0.2, 0.25) is 5.91 Å². The van der Waals surface area contributed by atoms with Crippen molar-refractivity contribution in [1.82, 2.24) is 10.2 Å². The summed E-state index contributed by atoms with van der Waals surface area (Å²) in [5.74, 6) is -0.0598. The molecule has 0 fully saturated rings. The molecule has 0 unspecified atom stereocenters. The third-order valence-electron chi connectivity index (χ3n) is 2.91. The Labute approximate surface area is 124 Å². The lowest BCUT2D eigenvalue weighted by Gasteiger charge is -2.18. The van der Waals surface area contributed by atoms with Gasteiger partial charge in [-0.25, -0.2) is 0 Å². The van der Waals surface area contributed by atoms with Crippen molar-refractivity contribution >= 4 is 17.3 Å². The molecule has 2 N–H and O–H groups in total. The zero-order valence-corrected chi connectivity index (χ0v) is 12.7. The predicted octanol–water partition coefficient (Wildman–Crippen LogP) is 1.59. The van der Waals surface area contributed by atoms with Crippen molar-refractivity contribution < 1.29 is 9.72 Å². The van der Waals surface area contributed by atoms with Crippen LogP contribution in [0.4, 0.5) is 11.4 Å². The lowest BCUT2D eigenvalue weighted by Crippen LogP contribution is -2.34. The Kier molecular flexibility index (Phi) is 6.61. The molecule has 0 atom stereocenters. The molecule has 0 heterocycles. The van der Waals surface area contributed by atoms with E-state index in [-0.39, 0.29) is 18.1 Å². The third-order valence-corrected chi connectivity index (χ3v) is 2.91. The van der Waals surface area contributed by atoms with Crippen LogP contribution in [0.2, 0.25) is 0 Å². The molecule has 1 aromatic rings. The Morgan fingerprint density at radius 1 is 1.33 bits per heavy atom. The number of hydrogen-bond acceptors (Lipinski definition) is 5. The summed E-state index contributed by atoms with van der Waals surface area (Å²) in [7, 11) is 1.81. The van der Waals surface area contributed by atoms with E-state index in [2.05, 4.69) is 10.6 Å². The molecule has 7 heteroatoms. The standard InChI is InChI=1S/C14H22N4O3/c1-4-15-13(19)10-17(3)9-11-7-6-8-12(18(20)21)14(11)16-5-2/h6-8,16H,4-5,9-10H2,1-3H3,(H,15,19). The molecule has 0 aromatic heterocycles. The summed E-state index contributed by atoms with van der Waals surface area (Å²) >= 11 is 0. The normalized spacial score (nSPS) is 10.5. The predicted molar refractivity (Wildman–Crippen MR) is 82.3 cm³/mol. The van der Waals surface area contributed by atoms with E-state index in [9.17, 15) is 14.9 Å². The van der Waals surface area contributed by atoms with E-state index in [1.165, 1.54) is 6.07 Å². The van der Waals surface area contributed by atoms with Crippen LogP contribution in [0.1, 0.15) is 19.4 Å². The molecule has 1 rings (SSSR count). The van der Waals surface area contributed by atoms with E-state index in [4.69, 9.17) is 0 Å². The molecule has 0 aliphatic heterocycles. The fourth-order valence-electron chi connectivity index (χ4n) is 2.10.